The molecule has 0 radical (unpaired) electrons. The molecule has 1 N–H and O–H groups in total. The van der Waals surface area contributed by atoms with Crippen LogP contribution < -0.4 is 5.32 Å². The van der Waals surface area contributed by atoms with Crippen molar-refractivity contribution in [2.75, 3.05) is 0 Å². The van der Waals surface area contributed by atoms with E-state index in [2.05, 4.69) is 38.4 Å². The summed E-state index contributed by atoms with van der Waals surface area (Å²) in [5, 5.41) is 7.64. The number of hydrogen-bond donors (Lipinski definition) is 1. The van der Waals surface area contributed by atoms with Crippen LogP contribution in [0.3, 0.4) is 0 Å². The van der Waals surface area contributed by atoms with Crippen LogP contribution in [0.5, 0.6) is 0 Å². The minimum absolute atomic E-state index is 0.159. The highest BCUT2D eigenvalue weighted by atomic mass is 32.1. The lowest BCUT2D eigenvalue weighted by atomic mass is 9.83. The lowest BCUT2D eigenvalue weighted by Gasteiger charge is -2.33. The van der Waals surface area contributed by atoms with Gasteiger partial charge in [-0.1, -0.05) is 34.1 Å². The van der Waals surface area contributed by atoms with Gasteiger partial charge in [-0.3, -0.25) is 0 Å². The van der Waals surface area contributed by atoms with Gasteiger partial charge in [0.15, 0.2) is 0 Å². The summed E-state index contributed by atoms with van der Waals surface area (Å²) < 4.78 is 0. The topological polar surface area (TPSA) is 24.9 Å². The Bertz CT molecular complexity index is 487. The van der Waals surface area contributed by atoms with Crippen LogP contribution in [-0.2, 0) is 5.54 Å². The second kappa shape index (κ2) is 5.66. The van der Waals surface area contributed by atoms with Gasteiger partial charge < -0.3 is 5.32 Å². The average molecular weight is 307 g/mol. The molecule has 21 heavy (non-hydrogen) atoms. The predicted molar refractivity (Wildman–Crippen MR) is 90.9 cm³/mol. The number of thiazole rings is 1. The molecule has 2 fully saturated rings. The van der Waals surface area contributed by atoms with Gasteiger partial charge >= 0.3 is 0 Å². The summed E-state index contributed by atoms with van der Waals surface area (Å²) >= 11 is 1.89. The van der Waals surface area contributed by atoms with E-state index in [4.69, 9.17) is 4.98 Å². The van der Waals surface area contributed by atoms with Crippen molar-refractivity contribution in [3.05, 3.63) is 16.1 Å². The van der Waals surface area contributed by atoms with E-state index in [9.17, 15) is 0 Å². The van der Waals surface area contributed by atoms with Gasteiger partial charge in [0, 0.05) is 11.4 Å². The lowest BCUT2D eigenvalue weighted by Crippen LogP contribution is -2.43. The van der Waals surface area contributed by atoms with Crippen molar-refractivity contribution in [2.24, 2.45) is 5.41 Å². The van der Waals surface area contributed by atoms with Gasteiger partial charge in [-0.2, -0.15) is 0 Å². The molecular weight excluding hydrogens is 276 g/mol. The fourth-order valence-electron chi connectivity index (χ4n) is 3.48. The molecule has 0 saturated heterocycles. The maximum atomic E-state index is 5.03. The summed E-state index contributed by atoms with van der Waals surface area (Å²) in [6, 6.07) is 0.748. The van der Waals surface area contributed by atoms with Crippen LogP contribution in [0.15, 0.2) is 5.38 Å². The van der Waals surface area contributed by atoms with Crippen LogP contribution in [-0.4, -0.2) is 11.0 Å². The number of aromatic nitrogens is 1. The Hall–Kier alpha value is -0.410. The monoisotopic (exact) mass is 306 g/mol. The van der Waals surface area contributed by atoms with Crippen LogP contribution in [0.25, 0.3) is 0 Å². The van der Waals surface area contributed by atoms with Crippen molar-refractivity contribution in [3.8, 4) is 0 Å². The van der Waals surface area contributed by atoms with Gasteiger partial charge in [-0.25, -0.2) is 4.98 Å². The molecule has 1 aromatic heterocycles. The van der Waals surface area contributed by atoms with Crippen molar-refractivity contribution in [1.29, 1.82) is 0 Å². The molecule has 2 saturated carbocycles. The molecule has 2 nitrogen and oxygen atoms in total. The first kappa shape index (κ1) is 15.5. The summed E-state index contributed by atoms with van der Waals surface area (Å²) in [5.41, 5.74) is 1.92. The molecule has 1 atom stereocenters. The van der Waals surface area contributed by atoms with Crippen LogP contribution in [0, 0.1) is 5.41 Å². The zero-order chi connectivity index (χ0) is 15.1. The zero-order valence-corrected chi connectivity index (χ0v) is 14.9. The van der Waals surface area contributed by atoms with E-state index < -0.39 is 0 Å². The van der Waals surface area contributed by atoms with E-state index in [1.165, 1.54) is 55.6 Å². The number of nitrogens with zero attached hydrogens (tertiary/aromatic N) is 1. The van der Waals surface area contributed by atoms with Crippen molar-refractivity contribution in [3.63, 3.8) is 0 Å². The maximum Gasteiger partial charge on any atom is 0.113 e. The molecule has 3 heteroatoms. The highest BCUT2D eigenvalue weighted by molar-refractivity contribution is 7.09. The fraction of sp³-hybridized carbons (Fsp3) is 0.833. The van der Waals surface area contributed by atoms with E-state index in [0.29, 0.717) is 11.3 Å². The van der Waals surface area contributed by atoms with Crippen molar-refractivity contribution in [2.45, 2.75) is 90.1 Å². The molecule has 2 aliphatic carbocycles. The normalized spacial score (nSPS) is 29.6. The first-order chi connectivity index (χ1) is 9.90. The SMILES string of the molecule is CC(C)c1csc(C2(NC3CC3)CCCC(C)(C)CC2)n1. The van der Waals surface area contributed by atoms with Gasteiger partial charge in [0.2, 0.25) is 0 Å². The third-order valence-electron chi connectivity index (χ3n) is 5.27. The lowest BCUT2D eigenvalue weighted by molar-refractivity contribution is 0.261. The number of nitrogens with one attached hydrogen (secondary N) is 1. The highest BCUT2D eigenvalue weighted by Gasteiger charge is 2.42. The summed E-state index contributed by atoms with van der Waals surface area (Å²) in [5.74, 6) is 0.537. The van der Waals surface area contributed by atoms with Gasteiger partial charge in [-0.05, 0) is 49.9 Å². The van der Waals surface area contributed by atoms with E-state index in [0.717, 1.165) is 6.04 Å². The van der Waals surface area contributed by atoms with Crippen molar-refractivity contribution < 1.29 is 0 Å². The molecule has 1 heterocycles. The zero-order valence-electron chi connectivity index (χ0n) is 14.0. The molecule has 0 aliphatic heterocycles. The summed E-state index contributed by atoms with van der Waals surface area (Å²) in [7, 11) is 0. The third kappa shape index (κ3) is 3.50. The third-order valence-corrected chi connectivity index (χ3v) is 6.33. The van der Waals surface area contributed by atoms with Gasteiger partial charge in [-0.15, -0.1) is 11.3 Å². The summed E-state index contributed by atoms with van der Waals surface area (Å²) in [6.45, 7) is 9.36. The van der Waals surface area contributed by atoms with Crippen LogP contribution in [0.1, 0.15) is 89.3 Å². The van der Waals surface area contributed by atoms with Crippen molar-refractivity contribution >= 4 is 11.3 Å². The number of hydrogen-bond acceptors (Lipinski definition) is 3. The summed E-state index contributed by atoms with van der Waals surface area (Å²) in [4.78, 5) is 5.03. The minimum atomic E-state index is 0.159. The van der Waals surface area contributed by atoms with Gasteiger partial charge in [0.05, 0.1) is 11.2 Å². The second-order valence-corrected chi connectivity index (χ2v) is 9.11. The molecule has 2 aliphatic rings. The Balaban J connectivity index is 1.88. The second-order valence-electron chi connectivity index (χ2n) is 8.25. The Morgan fingerprint density at radius 3 is 2.57 bits per heavy atom. The molecule has 3 rings (SSSR count). The Labute approximate surface area is 133 Å². The molecule has 1 unspecified atom stereocenters. The molecule has 0 aromatic carbocycles. The molecule has 0 bridgehead atoms. The van der Waals surface area contributed by atoms with Gasteiger partial charge in [0.1, 0.15) is 5.01 Å². The van der Waals surface area contributed by atoms with Crippen LogP contribution >= 0.6 is 11.3 Å². The van der Waals surface area contributed by atoms with E-state index in [1.54, 1.807) is 0 Å². The summed E-state index contributed by atoms with van der Waals surface area (Å²) in [6.07, 6.45) is 9.21. The molecule has 118 valence electrons. The molecule has 0 spiro atoms. The van der Waals surface area contributed by atoms with E-state index in [1.807, 2.05) is 11.3 Å². The predicted octanol–water partition coefficient (Wildman–Crippen LogP) is 5.20. The standard InChI is InChI=1S/C18H30N2S/c1-13(2)15-12-21-16(19-15)18(20-14-6-7-14)9-5-8-17(3,4)10-11-18/h12-14,20H,5-11H2,1-4H3. The smallest absolute Gasteiger partial charge is 0.113 e. The minimum Gasteiger partial charge on any atom is -0.303 e. The average Bonchev–Trinajstić information content (AvgIpc) is 3.10. The Kier molecular flexibility index (Phi) is 4.17. The van der Waals surface area contributed by atoms with E-state index >= 15 is 0 Å². The maximum absolute atomic E-state index is 5.03. The number of rotatable bonds is 4. The molecule has 1 aromatic rings. The van der Waals surface area contributed by atoms with Crippen molar-refractivity contribution in [1.82, 2.24) is 10.3 Å². The Morgan fingerprint density at radius 2 is 1.95 bits per heavy atom. The highest BCUT2D eigenvalue weighted by Crippen LogP contribution is 2.45. The molecular formula is C18H30N2S. The Morgan fingerprint density at radius 1 is 1.19 bits per heavy atom. The van der Waals surface area contributed by atoms with Crippen LogP contribution in [0.2, 0.25) is 0 Å². The first-order valence-electron chi connectivity index (χ1n) is 8.64. The van der Waals surface area contributed by atoms with E-state index in [-0.39, 0.29) is 5.54 Å². The fourth-order valence-corrected chi connectivity index (χ4v) is 4.68. The quantitative estimate of drug-likeness (QED) is 0.773. The van der Waals surface area contributed by atoms with Gasteiger partial charge in [0.25, 0.3) is 0 Å². The first-order valence-corrected chi connectivity index (χ1v) is 9.52. The largest absolute Gasteiger partial charge is 0.303 e. The van der Waals surface area contributed by atoms with Crippen LogP contribution in [0.4, 0.5) is 0 Å². The molecule has 0 amide bonds.